The minimum Gasteiger partial charge on any atom is -0.382 e. The second-order valence-electron chi connectivity index (χ2n) is 6.02. The number of nitrogens with one attached hydrogen (secondary N) is 2. The Morgan fingerprint density at radius 3 is 2.92 bits per heavy atom. The fourth-order valence-corrected chi connectivity index (χ4v) is 3.09. The molecular formula is C18H21FN4O2. The molecule has 3 aromatic rings. The first-order chi connectivity index (χ1) is 12.0. The van der Waals surface area contributed by atoms with Crippen molar-refractivity contribution in [3.05, 3.63) is 53.2 Å². The lowest BCUT2D eigenvalue weighted by molar-refractivity contribution is -0.121. The third kappa shape index (κ3) is 3.41. The standard InChI is InChI=1S/C18H21FN4O2/c1-11-13(12-5-4-6-14(19)18(12)21-11)9-17(24)22-15(10-25-3)16-7-8-20-23(16)2/h4-8,15,21H,9-10H2,1-3H3,(H,22,24)/t15-/m1/s1. The maximum absolute atomic E-state index is 13.9. The summed E-state index contributed by atoms with van der Waals surface area (Å²) in [7, 11) is 3.40. The Hall–Kier alpha value is -2.67. The van der Waals surface area contributed by atoms with Gasteiger partial charge >= 0.3 is 0 Å². The minimum absolute atomic E-state index is 0.156. The van der Waals surface area contributed by atoms with Gasteiger partial charge in [-0.15, -0.1) is 0 Å². The van der Waals surface area contributed by atoms with E-state index in [1.54, 1.807) is 24.1 Å². The Kier molecular flexibility index (Phi) is 4.85. The lowest BCUT2D eigenvalue weighted by Crippen LogP contribution is -2.33. The molecule has 25 heavy (non-hydrogen) atoms. The van der Waals surface area contributed by atoms with E-state index in [0.29, 0.717) is 12.1 Å². The van der Waals surface area contributed by atoms with Crippen molar-refractivity contribution >= 4 is 16.8 Å². The monoisotopic (exact) mass is 344 g/mol. The van der Waals surface area contributed by atoms with Crippen molar-refractivity contribution in [3.8, 4) is 0 Å². The summed E-state index contributed by atoms with van der Waals surface area (Å²) in [5, 5.41) is 7.84. The van der Waals surface area contributed by atoms with Crippen molar-refractivity contribution in [2.75, 3.05) is 13.7 Å². The number of rotatable bonds is 6. The first kappa shape index (κ1) is 17.2. The number of amides is 1. The molecule has 2 N–H and O–H groups in total. The van der Waals surface area contributed by atoms with Crippen molar-refractivity contribution in [3.63, 3.8) is 0 Å². The maximum atomic E-state index is 13.9. The number of carbonyl (C=O) groups is 1. The molecule has 2 aromatic heterocycles. The van der Waals surface area contributed by atoms with Crippen LogP contribution in [0.4, 0.5) is 4.39 Å². The van der Waals surface area contributed by atoms with E-state index in [2.05, 4.69) is 15.4 Å². The van der Waals surface area contributed by atoms with Crippen LogP contribution >= 0.6 is 0 Å². The van der Waals surface area contributed by atoms with Crippen molar-refractivity contribution in [1.29, 1.82) is 0 Å². The van der Waals surface area contributed by atoms with Crippen LogP contribution in [0.15, 0.2) is 30.5 Å². The van der Waals surface area contributed by atoms with Gasteiger partial charge in [0, 0.05) is 31.4 Å². The Bertz CT molecular complexity index is 900. The summed E-state index contributed by atoms with van der Waals surface area (Å²) in [6, 6.07) is 6.41. The molecule has 0 radical (unpaired) electrons. The number of hydrogen-bond acceptors (Lipinski definition) is 3. The summed E-state index contributed by atoms with van der Waals surface area (Å²) in [6.07, 6.45) is 1.84. The van der Waals surface area contributed by atoms with Crippen LogP contribution in [-0.2, 0) is 23.0 Å². The van der Waals surface area contributed by atoms with Crippen molar-refractivity contribution in [2.45, 2.75) is 19.4 Å². The van der Waals surface area contributed by atoms with Gasteiger partial charge in [-0.1, -0.05) is 12.1 Å². The molecule has 1 amide bonds. The number of hydrogen-bond donors (Lipinski definition) is 2. The average molecular weight is 344 g/mol. The molecule has 2 heterocycles. The van der Waals surface area contributed by atoms with Crippen molar-refractivity contribution in [1.82, 2.24) is 20.1 Å². The molecule has 0 aliphatic heterocycles. The SMILES string of the molecule is COC[C@@H](NC(=O)Cc1c(C)[nH]c2c(F)cccc12)c1ccnn1C. The number of aryl methyl sites for hydroxylation is 2. The smallest absolute Gasteiger partial charge is 0.225 e. The zero-order valence-electron chi connectivity index (χ0n) is 14.5. The Balaban J connectivity index is 1.81. The number of para-hydroxylation sites is 1. The van der Waals surface area contributed by atoms with Gasteiger partial charge in [0.2, 0.25) is 5.91 Å². The van der Waals surface area contributed by atoms with Crippen LogP contribution in [0.5, 0.6) is 0 Å². The highest BCUT2D eigenvalue weighted by atomic mass is 19.1. The number of aromatic nitrogens is 3. The molecule has 7 heteroatoms. The Morgan fingerprint density at radius 1 is 1.44 bits per heavy atom. The summed E-state index contributed by atoms with van der Waals surface area (Å²) < 4.78 is 20.8. The average Bonchev–Trinajstić information content (AvgIpc) is 3.12. The van der Waals surface area contributed by atoms with Crippen LogP contribution in [0.25, 0.3) is 10.9 Å². The molecule has 132 valence electrons. The number of nitrogens with zero attached hydrogens (tertiary/aromatic N) is 2. The van der Waals surface area contributed by atoms with E-state index in [-0.39, 0.29) is 24.2 Å². The third-order valence-electron chi connectivity index (χ3n) is 4.33. The Labute approximate surface area is 145 Å². The maximum Gasteiger partial charge on any atom is 0.225 e. The summed E-state index contributed by atoms with van der Waals surface area (Å²) in [4.78, 5) is 15.6. The normalized spacial score (nSPS) is 12.5. The number of carbonyl (C=O) groups excluding carboxylic acids is 1. The molecule has 6 nitrogen and oxygen atoms in total. The number of benzene rings is 1. The minimum atomic E-state index is -0.320. The first-order valence-electron chi connectivity index (χ1n) is 8.03. The highest BCUT2D eigenvalue weighted by molar-refractivity contribution is 5.90. The number of methoxy groups -OCH3 is 1. The zero-order chi connectivity index (χ0) is 18.0. The molecule has 0 spiro atoms. The van der Waals surface area contributed by atoms with Crippen LogP contribution in [0.3, 0.4) is 0 Å². The van der Waals surface area contributed by atoms with Crippen LogP contribution in [0.1, 0.15) is 23.0 Å². The van der Waals surface area contributed by atoms with Crippen LogP contribution in [0.2, 0.25) is 0 Å². The molecule has 0 aliphatic rings. The van der Waals surface area contributed by atoms with E-state index in [4.69, 9.17) is 4.74 Å². The van der Waals surface area contributed by atoms with Gasteiger partial charge in [0.25, 0.3) is 0 Å². The van der Waals surface area contributed by atoms with Crippen LogP contribution < -0.4 is 5.32 Å². The number of fused-ring (bicyclic) bond motifs is 1. The van der Waals surface area contributed by atoms with Gasteiger partial charge in [-0.3, -0.25) is 9.48 Å². The molecule has 0 unspecified atom stereocenters. The van der Waals surface area contributed by atoms with Gasteiger partial charge in [0.1, 0.15) is 5.82 Å². The zero-order valence-corrected chi connectivity index (χ0v) is 14.5. The number of H-pyrrole nitrogens is 1. The van der Waals surface area contributed by atoms with E-state index in [1.807, 2.05) is 26.1 Å². The number of aromatic amines is 1. The molecule has 0 saturated heterocycles. The summed E-state index contributed by atoms with van der Waals surface area (Å²) in [5.41, 5.74) is 2.88. The molecule has 0 fully saturated rings. The largest absolute Gasteiger partial charge is 0.382 e. The quantitative estimate of drug-likeness (QED) is 0.721. The lowest BCUT2D eigenvalue weighted by atomic mass is 10.1. The van der Waals surface area contributed by atoms with Crippen molar-refractivity contribution in [2.24, 2.45) is 7.05 Å². The fourth-order valence-electron chi connectivity index (χ4n) is 3.09. The predicted molar refractivity (Wildman–Crippen MR) is 92.7 cm³/mol. The summed E-state index contributed by atoms with van der Waals surface area (Å²) >= 11 is 0. The van der Waals surface area contributed by atoms with E-state index in [1.165, 1.54) is 6.07 Å². The van der Waals surface area contributed by atoms with Crippen LogP contribution in [0, 0.1) is 12.7 Å². The molecule has 0 bridgehead atoms. The van der Waals surface area contributed by atoms with Gasteiger partial charge in [-0.2, -0.15) is 5.10 Å². The molecule has 0 saturated carbocycles. The molecule has 1 atom stereocenters. The molecule has 3 rings (SSSR count). The topological polar surface area (TPSA) is 71.9 Å². The van der Waals surface area contributed by atoms with Gasteiger partial charge < -0.3 is 15.0 Å². The number of halogens is 1. The summed E-state index contributed by atoms with van der Waals surface area (Å²) in [6.45, 7) is 2.18. The van der Waals surface area contributed by atoms with Gasteiger partial charge in [-0.25, -0.2) is 4.39 Å². The fraction of sp³-hybridized carbons (Fsp3) is 0.333. The molecule has 0 aliphatic carbocycles. The van der Waals surface area contributed by atoms with E-state index >= 15 is 0 Å². The predicted octanol–water partition coefficient (Wildman–Crippen LogP) is 2.40. The van der Waals surface area contributed by atoms with E-state index in [9.17, 15) is 9.18 Å². The van der Waals surface area contributed by atoms with Gasteiger partial charge in [0.15, 0.2) is 0 Å². The summed E-state index contributed by atoms with van der Waals surface area (Å²) in [5.74, 6) is -0.476. The van der Waals surface area contributed by atoms with E-state index < -0.39 is 0 Å². The molecule has 1 aromatic carbocycles. The Morgan fingerprint density at radius 2 is 2.24 bits per heavy atom. The second-order valence-corrected chi connectivity index (χ2v) is 6.02. The second kappa shape index (κ2) is 7.06. The molecular weight excluding hydrogens is 323 g/mol. The lowest BCUT2D eigenvalue weighted by Gasteiger charge is -2.18. The first-order valence-corrected chi connectivity index (χ1v) is 8.03. The highest BCUT2D eigenvalue weighted by Gasteiger charge is 2.20. The van der Waals surface area contributed by atoms with Crippen LogP contribution in [-0.4, -0.2) is 34.4 Å². The van der Waals surface area contributed by atoms with Gasteiger partial charge in [-0.05, 0) is 24.6 Å². The highest BCUT2D eigenvalue weighted by Crippen LogP contribution is 2.25. The third-order valence-corrected chi connectivity index (χ3v) is 4.33. The van der Waals surface area contributed by atoms with Gasteiger partial charge in [0.05, 0.1) is 30.3 Å². The van der Waals surface area contributed by atoms with E-state index in [0.717, 1.165) is 22.3 Å². The van der Waals surface area contributed by atoms with Crippen molar-refractivity contribution < 1.29 is 13.9 Å². The number of ether oxygens (including phenoxy) is 1.